The number of rotatable bonds is 5. The molecule has 8 nitrogen and oxygen atoms in total. The van der Waals surface area contributed by atoms with Crippen molar-refractivity contribution >= 4 is 6.03 Å². The van der Waals surface area contributed by atoms with Gasteiger partial charge in [0.2, 0.25) is 0 Å². The third kappa shape index (κ3) is 3.74. The highest BCUT2D eigenvalue weighted by atomic mass is 19.1. The van der Waals surface area contributed by atoms with Crippen molar-refractivity contribution in [3.05, 3.63) is 36.2 Å². The summed E-state index contributed by atoms with van der Waals surface area (Å²) in [4.78, 5) is 21.7. The molecule has 35 heavy (non-hydrogen) atoms. The molecule has 7 rings (SSSR count). The van der Waals surface area contributed by atoms with E-state index >= 15 is 0 Å². The van der Waals surface area contributed by atoms with E-state index in [4.69, 9.17) is 14.6 Å². The summed E-state index contributed by atoms with van der Waals surface area (Å²) in [5, 5.41) is 4.70. The lowest BCUT2D eigenvalue weighted by Gasteiger charge is -2.59. The minimum absolute atomic E-state index is 0.0815. The van der Waals surface area contributed by atoms with Gasteiger partial charge in [0.1, 0.15) is 12.1 Å². The first-order chi connectivity index (χ1) is 17.0. The fourth-order valence-electron chi connectivity index (χ4n) is 6.89. The first kappa shape index (κ1) is 21.4. The zero-order valence-electron chi connectivity index (χ0n) is 20.1. The molecule has 2 atom stereocenters. The lowest BCUT2D eigenvalue weighted by atomic mass is 9.61. The number of methoxy groups -OCH3 is 1. The molecular formula is C26H32FN5O3. The lowest BCUT2D eigenvalue weighted by Crippen LogP contribution is -2.65. The molecule has 2 saturated heterocycles. The van der Waals surface area contributed by atoms with Crippen molar-refractivity contribution in [3.63, 3.8) is 0 Å². The van der Waals surface area contributed by atoms with E-state index in [2.05, 4.69) is 9.67 Å². The van der Waals surface area contributed by atoms with Crippen LogP contribution >= 0.6 is 0 Å². The molecule has 0 radical (unpaired) electrons. The number of carbonyl (C=O) groups is 1. The molecule has 186 valence electrons. The fourth-order valence-corrected chi connectivity index (χ4v) is 6.89. The third-order valence-electron chi connectivity index (χ3n) is 8.90. The fraction of sp³-hybridized carbons (Fsp3) is 0.654. The van der Waals surface area contributed by atoms with Crippen LogP contribution in [-0.4, -0.2) is 70.0 Å². The summed E-state index contributed by atoms with van der Waals surface area (Å²) in [7, 11) is 1.53. The summed E-state index contributed by atoms with van der Waals surface area (Å²) in [6, 6.07) is 5.03. The van der Waals surface area contributed by atoms with Gasteiger partial charge in [0.25, 0.3) is 0 Å². The molecule has 1 aromatic heterocycles. The van der Waals surface area contributed by atoms with Crippen molar-refractivity contribution in [2.24, 2.45) is 17.3 Å². The van der Waals surface area contributed by atoms with Crippen LogP contribution in [0.25, 0.3) is 0 Å². The summed E-state index contributed by atoms with van der Waals surface area (Å²) < 4.78 is 27.0. The second-order valence-electron chi connectivity index (χ2n) is 11.5. The van der Waals surface area contributed by atoms with Gasteiger partial charge in [-0.3, -0.25) is 0 Å². The van der Waals surface area contributed by atoms with Crippen LogP contribution in [-0.2, 0) is 0 Å². The molecule has 2 amide bonds. The van der Waals surface area contributed by atoms with Crippen molar-refractivity contribution in [1.82, 2.24) is 24.6 Å². The highest BCUT2D eigenvalue weighted by Gasteiger charge is 2.56. The number of hydrogen-bond acceptors (Lipinski definition) is 5. The van der Waals surface area contributed by atoms with E-state index in [1.54, 1.807) is 6.07 Å². The predicted octanol–water partition coefficient (Wildman–Crippen LogP) is 3.85. The number of benzene rings is 1. The van der Waals surface area contributed by atoms with Crippen molar-refractivity contribution in [2.45, 2.75) is 56.6 Å². The maximum atomic E-state index is 13.5. The molecule has 9 heteroatoms. The topological polar surface area (TPSA) is 72.7 Å². The van der Waals surface area contributed by atoms with Gasteiger partial charge >= 0.3 is 6.03 Å². The summed E-state index contributed by atoms with van der Waals surface area (Å²) in [5.41, 5.74) is 0.286. The SMILES string of the molecule is COc1cc(F)ccc1OC1CC2CN(C(=O)N3CC4(CC(n5cnc(C6CC6)n5)C4)C3)CC2C1. The lowest BCUT2D eigenvalue weighted by molar-refractivity contribution is -0.0735. The second kappa shape index (κ2) is 7.83. The van der Waals surface area contributed by atoms with Crippen LogP contribution in [0.4, 0.5) is 9.18 Å². The molecule has 3 aliphatic carbocycles. The first-order valence-corrected chi connectivity index (χ1v) is 12.9. The van der Waals surface area contributed by atoms with Crippen LogP contribution < -0.4 is 9.47 Å². The van der Waals surface area contributed by atoms with E-state index in [1.807, 2.05) is 16.1 Å². The van der Waals surface area contributed by atoms with Gasteiger partial charge in [-0.2, -0.15) is 5.10 Å². The van der Waals surface area contributed by atoms with E-state index in [-0.39, 0.29) is 23.4 Å². The number of aromatic nitrogens is 3. The van der Waals surface area contributed by atoms with Crippen LogP contribution in [0.1, 0.15) is 56.3 Å². The molecule has 0 bridgehead atoms. The highest BCUT2D eigenvalue weighted by molar-refractivity contribution is 5.76. The first-order valence-electron chi connectivity index (χ1n) is 12.9. The third-order valence-corrected chi connectivity index (χ3v) is 8.90. The van der Waals surface area contributed by atoms with Gasteiger partial charge in [-0.1, -0.05) is 0 Å². The van der Waals surface area contributed by atoms with E-state index in [1.165, 1.54) is 32.1 Å². The minimum Gasteiger partial charge on any atom is -0.493 e. The maximum Gasteiger partial charge on any atom is 0.320 e. The largest absolute Gasteiger partial charge is 0.493 e. The van der Waals surface area contributed by atoms with Gasteiger partial charge in [0, 0.05) is 43.6 Å². The predicted molar refractivity (Wildman–Crippen MR) is 125 cm³/mol. The van der Waals surface area contributed by atoms with Gasteiger partial charge in [0.15, 0.2) is 17.3 Å². The molecule has 2 aromatic rings. The Kier molecular flexibility index (Phi) is 4.80. The number of fused-ring (bicyclic) bond motifs is 1. The molecule has 0 N–H and O–H groups in total. The molecular weight excluding hydrogens is 449 g/mol. The second-order valence-corrected chi connectivity index (χ2v) is 11.5. The number of hydrogen-bond donors (Lipinski definition) is 0. The van der Waals surface area contributed by atoms with Gasteiger partial charge in [-0.05, 0) is 62.5 Å². The Hall–Kier alpha value is -2.84. The molecule has 5 fully saturated rings. The Morgan fingerprint density at radius 1 is 1.09 bits per heavy atom. The smallest absolute Gasteiger partial charge is 0.320 e. The monoisotopic (exact) mass is 481 g/mol. The van der Waals surface area contributed by atoms with Crippen molar-refractivity contribution in [3.8, 4) is 11.5 Å². The Morgan fingerprint density at radius 3 is 2.51 bits per heavy atom. The standard InChI is InChI=1S/C26H32FN5O3/c1-34-23-8-19(27)4-5-22(23)35-21-6-17-11-30(12-18(17)7-21)25(33)31-13-26(14-31)9-20(10-26)32-15-28-24(29-32)16-2-3-16/h4-5,8,15-18,20-21H,2-3,6-7,9-14H2,1H3. The Morgan fingerprint density at radius 2 is 1.83 bits per heavy atom. The molecule has 1 spiro atoms. The average molecular weight is 482 g/mol. The maximum absolute atomic E-state index is 13.5. The van der Waals surface area contributed by atoms with Crippen LogP contribution in [0.15, 0.2) is 24.5 Å². The van der Waals surface area contributed by atoms with Crippen LogP contribution in [0.2, 0.25) is 0 Å². The molecule has 2 unspecified atom stereocenters. The summed E-state index contributed by atoms with van der Waals surface area (Å²) in [6.07, 6.45) is 8.47. The van der Waals surface area contributed by atoms with Gasteiger partial charge in [-0.15, -0.1) is 0 Å². The molecule has 2 aliphatic heterocycles. The minimum atomic E-state index is -0.335. The molecule has 3 heterocycles. The molecule has 1 aromatic carbocycles. The number of halogens is 1. The van der Waals surface area contributed by atoms with Gasteiger partial charge in [0.05, 0.1) is 19.3 Å². The van der Waals surface area contributed by atoms with Crippen LogP contribution in [0.5, 0.6) is 11.5 Å². The Balaban J connectivity index is 0.885. The van der Waals surface area contributed by atoms with Crippen LogP contribution in [0, 0.1) is 23.1 Å². The van der Waals surface area contributed by atoms with Crippen molar-refractivity contribution < 1.29 is 18.7 Å². The van der Waals surface area contributed by atoms with Crippen molar-refractivity contribution in [2.75, 3.05) is 33.3 Å². The highest BCUT2D eigenvalue weighted by Crippen LogP contribution is 2.54. The number of urea groups is 1. The normalized spacial score (nSPS) is 29.1. The number of ether oxygens (including phenoxy) is 2. The van der Waals surface area contributed by atoms with E-state index < -0.39 is 0 Å². The van der Waals surface area contributed by atoms with Crippen LogP contribution in [0.3, 0.4) is 0 Å². The van der Waals surface area contributed by atoms with Gasteiger partial charge < -0.3 is 19.3 Å². The Labute approximate surface area is 204 Å². The quantitative estimate of drug-likeness (QED) is 0.649. The van der Waals surface area contributed by atoms with E-state index in [9.17, 15) is 9.18 Å². The summed E-state index contributed by atoms with van der Waals surface area (Å²) in [6.45, 7) is 3.35. The zero-order chi connectivity index (χ0) is 23.7. The number of amides is 2. The number of likely N-dealkylation sites (tertiary alicyclic amines) is 2. The molecule has 5 aliphatic rings. The van der Waals surface area contributed by atoms with Crippen molar-refractivity contribution in [1.29, 1.82) is 0 Å². The van der Waals surface area contributed by atoms with E-state index in [0.717, 1.165) is 57.7 Å². The number of nitrogens with zero attached hydrogens (tertiary/aromatic N) is 5. The average Bonchev–Trinajstić information content (AvgIpc) is 3.20. The van der Waals surface area contributed by atoms with E-state index in [0.29, 0.717) is 35.3 Å². The summed E-state index contributed by atoms with van der Waals surface area (Å²) >= 11 is 0. The van der Waals surface area contributed by atoms with Gasteiger partial charge in [-0.25, -0.2) is 18.9 Å². The summed E-state index contributed by atoms with van der Waals surface area (Å²) in [5.74, 6) is 3.22. The zero-order valence-corrected chi connectivity index (χ0v) is 20.1. The Bertz CT molecular complexity index is 1120. The molecule has 3 saturated carbocycles. The number of carbonyl (C=O) groups excluding carboxylic acids is 1.